The van der Waals surface area contributed by atoms with E-state index in [2.05, 4.69) is 83.0 Å². The number of rotatable bonds is 6. The molecule has 0 aromatic heterocycles. The fraction of sp³-hybridized carbons (Fsp3) is 0. The Morgan fingerprint density at radius 3 is 0.962 bits per heavy atom. The molecule has 0 fully saturated rings. The van der Waals surface area contributed by atoms with Crippen LogP contribution >= 0.6 is 75.4 Å². The lowest BCUT2D eigenvalue weighted by Gasteiger charge is -2.24. The monoisotopic (exact) mass is 701 g/mol. The van der Waals surface area contributed by atoms with Crippen molar-refractivity contribution in [2.45, 2.75) is 0 Å². The van der Waals surface area contributed by atoms with Crippen LogP contribution in [-0.4, -0.2) is 0 Å². The van der Waals surface area contributed by atoms with Crippen molar-refractivity contribution in [3.05, 3.63) is 83.5 Å². The molecule has 3 aromatic rings. The van der Waals surface area contributed by atoms with Crippen LogP contribution in [0.3, 0.4) is 0 Å². The van der Waals surface area contributed by atoms with Crippen molar-refractivity contribution >= 4 is 92.4 Å². The summed E-state index contributed by atoms with van der Waals surface area (Å²) >= 11 is 6.74. The number of benzene rings is 3. The topological polar surface area (TPSA) is 53.2 Å². The van der Waals surface area contributed by atoms with Crippen LogP contribution in [0.25, 0.3) is 0 Å². The van der Waals surface area contributed by atoms with E-state index in [1.54, 1.807) is 0 Å². The predicted octanol–water partition coefficient (Wildman–Crippen LogP) is 7.24. The van der Waals surface area contributed by atoms with Crippen molar-refractivity contribution < 1.29 is 4.57 Å². The van der Waals surface area contributed by atoms with Crippen LogP contribution < -0.4 is 15.3 Å². The molecule has 4 nitrogen and oxygen atoms in total. The molecule has 0 aliphatic heterocycles. The summed E-state index contributed by atoms with van der Waals surface area (Å²) in [6, 6.07) is 23.3. The van der Waals surface area contributed by atoms with E-state index < -0.39 is 7.59 Å². The highest BCUT2D eigenvalue weighted by Crippen LogP contribution is 2.45. The minimum atomic E-state index is -3.19. The van der Waals surface area contributed by atoms with Crippen LogP contribution in [0, 0.1) is 10.7 Å². The third kappa shape index (κ3) is 6.00. The molecule has 8 heteroatoms. The molecule has 0 atom stereocenters. The van der Waals surface area contributed by atoms with Gasteiger partial charge in [0.1, 0.15) is 0 Å². The van der Waals surface area contributed by atoms with Crippen molar-refractivity contribution in [2.75, 3.05) is 15.3 Å². The first-order chi connectivity index (χ1) is 12.4. The van der Waals surface area contributed by atoms with Gasteiger partial charge in [-0.15, -0.1) is 0 Å². The van der Waals surface area contributed by atoms with Crippen LogP contribution in [0.1, 0.15) is 0 Å². The van der Waals surface area contributed by atoms with Crippen molar-refractivity contribution in [3.8, 4) is 0 Å². The van der Waals surface area contributed by atoms with E-state index >= 15 is 0 Å². The molecule has 0 aliphatic rings. The first-order valence-electron chi connectivity index (χ1n) is 7.63. The largest absolute Gasteiger partial charge is 0.352 e. The lowest BCUT2D eigenvalue weighted by Crippen LogP contribution is -2.14. The fourth-order valence-corrected chi connectivity index (χ4v) is 4.99. The second-order valence-electron chi connectivity index (χ2n) is 5.47. The molecule has 3 N–H and O–H groups in total. The molecule has 0 heterocycles. The van der Waals surface area contributed by atoms with Crippen LogP contribution in [0.5, 0.6) is 0 Å². The smallest absolute Gasteiger partial charge is 0.304 e. The van der Waals surface area contributed by atoms with Gasteiger partial charge in [0.25, 0.3) is 0 Å². The van der Waals surface area contributed by atoms with Gasteiger partial charge >= 0.3 is 7.59 Å². The second kappa shape index (κ2) is 9.11. The molecule has 0 saturated heterocycles. The lowest BCUT2D eigenvalue weighted by molar-refractivity contribution is 0.585. The van der Waals surface area contributed by atoms with Crippen molar-refractivity contribution in [1.82, 2.24) is 0 Å². The maximum atomic E-state index is 13.6. The molecule has 0 radical (unpaired) electrons. The highest BCUT2D eigenvalue weighted by atomic mass is 127. The summed E-state index contributed by atoms with van der Waals surface area (Å²) in [5, 5.41) is 9.41. The van der Waals surface area contributed by atoms with E-state index in [4.69, 9.17) is 0 Å². The second-order valence-corrected chi connectivity index (χ2v) is 11.1. The van der Waals surface area contributed by atoms with Gasteiger partial charge in [-0.2, -0.15) is 0 Å². The molecular weight excluding hydrogens is 686 g/mol. The van der Waals surface area contributed by atoms with Gasteiger partial charge in [-0.05, 0) is 141 Å². The molecule has 3 rings (SSSR count). The summed E-state index contributed by atoms with van der Waals surface area (Å²) < 4.78 is 17.0. The SMILES string of the molecule is O=P(Nc1ccc(I)cc1)(Nc1ccc(I)cc1)Nc1ccc(I)cc1. The number of anilines is 3. The van der Waals surface area contributed by atoms with Gasteiger partial charge in [0.05, 0.1) is 0 Å². The average molecular weight is 701 g/mol. The Balaban J connectivity index is 1.88. The lowest BCUT2D eigenvalue weighted by atomic mass is 10.3. The maximum absolute atomic E-state index is 13.6. The Hall–Kier alpha value is -0.520. The average Bonchev–Trinajstić information content (AvgIpc) is 2.61. The molecule has 0 spiro atoms. The van der Waals surface area contributed by atoms with Gasteiger partial charge in [0, 0.05) is 27.8 Å². The van der Waals surface area contributed by atoms with Crippen LogP contribution in [0.15, 0.2) is 72.8 Å². The predicted molar refractivity (Wildman–Crippen MR) is 136 cm³/mol. The van der Waals surface area contributed by atoms with Gasteiger partial charge < -0.3 is 15.3 Å². The summed E-state index contributed by atoms with van der Waals surface area (Å²) in [4.78, 5) is 0. The third-order valence-electron chi connectivity index (χ3n) is 3.39. The molecule has 0 saturated carbocycles. The number of halogens is 3. The van der Waals surface area contributed by atoms with Crippen molar-refractivity contribution in [1.29, 1.82) is 0 Å². The Morgan fingerprint density at radius 1 is 0.500 bits per heavy atom. The van der Waals surface area contributed by atoms with Gasteiger partial charge in [-0.1, -0.05) is 0 Å². The minimum Gasteiger partial charge on any atom is -0.304 e. The van der Waals surface area contributed by atoms with Gasteiger partial charge in [-0.25, -0.2) is 0 Å². The molecule has 134 valence electrons. The van der Waals surface area contributed by atoms with Crippen LogP contribution in [-0.2, 0) is 4.57 Å². The van der Waals surface area contributed by atoms with Gasteiger partial charge in [0.2, 0.25) is 0 Å². The zero-order valence-electron chi connectivity index (χ0n) is 13.4. The van der Waals surface area contributed by atoms with Gasteiger partial charge in [-0.3, -0.25) is 4.57 Å². The summed E-state index contributed by atoms with van der Waals surface area (Å²) in [7, 11) is -3.19. The Kier molecular flexibility index (Phi) is 7.09. The fourth-order valence-electron chi connectivity index (χ4n) is 2.20. The standard InChI is InChI=1S/C18H15I3N3OP/c19-13-1-7-16(8-2-13)22-26(25,23-17-9-3-14(20)4-10-17)24-18-11-5-15(21)6-12-18/h1-12H,(H3,22,23,24,25). The molecule has 3 aromatic carbocycles. The summed E-state index contributed by atoms with van der Waals surface area (Å²) in [6.45, 7) is 0. The van der Waals surface area contributed by atoms with Gasteiger partial charge in [0.15, 0.2) is 0 Å². The van der Waals surface area contributed by atoms with Crippen LogP contribution in [0.2, 0.25) is 0 Å². The number of hydrogen-bond acceptors (Lipinski definition) is 1. The first kappa shape index (κ1) is 20.2. The van der Waals surface area contributed by atoms with Crippen molar-refractivity contribution in [3.63, 3.8) is 0 Å². The van der Waals surface area contributed by atoms with E-state index in [-0.39, 0.29) is 0 Å². The summed E-state index contributed by atoms with van der Waals surface area (Å²) in [5.74, 6) is 0. The van der Waals surface area contributed by atoms with Crippen molar-refractivity contribution in [2.24, 2.45) is 0 Å². The first-order valence-corrected chi connectivity index (χ1v) is 12.6. The number of hydrogen-bond donors (Lipinski definition) is 3. The summed E-state index contributed by atoms with van der Waals surface area (Å²) in [5.41, 5.74) is 2.35. The zero-order chi connectivity index (χ0) is 18.6. The quantitative estimate of drug-likeness (QED) is 0.188. The van der Waals surface area contributed by atoms with E-state index in [9.17, 15) is 4.57 Å². The molecule has 0 bridgehead atoms. The molecular formula is C18H15I3N3OP. The minimum absolute atomic E-state index is 0.782. The van der Waals surface area contributed by atoms with E-state index in [1.807, 2.05) is 72.8 Å². The highest BCUT2D eigenvalue weighted by molar-refractivity contribution is 14.1. The Bertz CT molecular complexity index is 793. The third-order valence-corrected chi connectivity index (χ3v) is 7.27. The number of nitrogens with one attached hydrogen (secondary N) is 3. The Morgan fingerprint density at radius 2 is 0.731 bits per heavy atom. The van der Waals surface area contributed by atoms with E-state index in [0.29, 0.717) is 0 Å². The molecule has 0 unspecified atom stereocenters. The maximum Gasteiger partial charge on any atom is 0.352 e. The highest BCUT2D eigenvalue weighted by Gasteiger charge is 2.22. The summed E-state index contributed by atoms with van der Waals surface area (Å²) in [6.07, 6.45) is 0. The molecule has 0 aliphatic carbocycles. The Labute approximate surface area is 193 Å². The molecule has 26 heavy (non-hydrogen) atoms. The molecule has 0 amide bonds. The van der Waals surface area contributed by atoms with E-state index in [1.165, 1.54) is 0 Å². The zero-order valence-corrected chi connectivity index (χ0v) is 20.8. The normalized spacial score (nSPS) is 11.0. The van der Waals surface area contributed by atoms with E-state index in [0.717, 1.165) is 27.8 Å². The van der Waals surface area contributed by atoms with Crippen LogP contribution in [0.4, 0.5) is 17.1 Å².